The molecule has 43 heavy (non-hydrogen) atoms. The summed E-state index contributed by atoms with van der Waals surface area (Å²) in [4.78, 5) is 13.8. The van der Waals surface area contributed by atoms with Crippen molar-refractivity contribution in [2.75, 3.05) is 0 Å². The minimum Gasteiger partial charge on any atom is -0.208 e. The van der Waals surface area contributed by atoms with Gasteiger partial charge in [-0.25, -0.2) is 4.98 Å². The van der Waals surface area contributed by atoms with Crippen molar-refractivity contribution in [2.45, 2.75) is 0 Å². The fourth-order valence-electron chi connectivity index (χ4n) is 5.92. The molecular formula is C39H24ClN3. The summed E-state index contributed by atoms with van der Waals surface area (Å²) in [5, 5.41) is 7.36. The molecular weight excluding hydrogens is 546 g/mol. The zero-order valence-electron chi connectivity index (χ0n) is 23.1. The van der Waals surface area contributed by atoms with Crippen LogP contribution in [0.3, 0.4) is 0 Å². The monoisotopic (exact) mass is 569 g/mol. The Balaban J connectivity index is 1.15. The molecule has 0 saturated heterocycles. The predicted molar refractivity (Wildman–Crippen MR) is 179 cm³/mol. The van der Waals surface area contributed by atoms with E-state index in [4.69, 9.17) is 16.6 Å². The molecule has 7 aromatic carbocycles. The van der Waals surface area contributed by atoms with E-state index in [0.29, 0.717) is 11.6 Å². The summed E-state index contributed by atoms with van der Waals surface area (Å²) < 4.78 is 0. The topological polar surface area (TPSA) is 38.7 Å². The number of nitrogens with zero attached hydrogens (tertiary/aromatic N) is 3. The second-order valence-electron chi connectivity index (χ2n) is 10.7. The van der Waals surface area contributed by atoms with Crippen molar-refractivity contribution in [1.82, 2.24) is 15.0 Å². The Kier molecular flexibility index (Phi) is 6.17. The SMILES string of the molecule is Clc1nc(-c2ccc(-c3cccc4ccccc34)cc2)nc(-c2ccc3c(-c4ccc5ccccc5c4)cccc3c2)n1. The number of fused-ring (bicyclic) bond motifs is 3. The third-order valence-corrected chi connectivity index (χ3v) is 8.22. The van der Waals surface area contributed by atoms with Crippen LogP contribution in [0, 0.1) is 0 Å². The van der Waals surface area contributed by atoms with E-state index in [2.05, 4.69) is 143 Å². The largest absolute Gasteiger partial charge is 0.226 e. The van der Waals surface area contributed by atoms with Gasteiger partial charge in [-0.1, -0.05) is 133 Å². The number of rotatable bonds is 4. The van der Waals surface area contributed by atoms with Crippen molar-refractivity contribution in [3.8, 4) is 45.0 Å². The summed E-state index contributed by atoms with van der Waals surface area (Å²) in [5.74, 6) is 1.09. The van der Waals surface area contributed by atoms with Crippen LogP contribution >= 0.6 is 11.6 Å². The lowest BCUT2D eigenvalue weighted by Gasteiger charge is -2.11. The van der Waals surface area contributed by atoms with Gasteiger partial charge < -0.3 is 0 Å². The van der Waals surface area contributed by atoms with Gasteiger partial charge in [-0.3, -0.25) is 0 Å². The molecule has 0 radical (unpaired) electrons. The van der Waals surface area contributed by atoms with Gasteiger partial charge in [-0.15, -0.1) is 0 Å². The van der Waals surface area contributed by atoms with Crippen LogP contribution in [0.25, 0.3) is 77.3 Å². The fourth-order valence-corrected chi connectivity index (χ4v) is 6.08. The van der Waals surface area contributed by atoms with Crippen molar-refractivity contribution in [3.05, 3.63) is 151 Å². The molecule has 0 aliphatic carbocycles. The van der Waals surface area contributed by atoms with Crippen LogP contribution in [-0.4, -0.2) is 15.0 Å². The Labute approximate surface area is 254 Å². The van der Waals surface area contributed by atoms with E-state index in [-0.39, 0.29) is 5.28 Å². The molecule has 0 fully saturated rings. The third-order valence-electron chi connectivity index (χ3n) is 8.05. The summed E-state index contributed by atoms with van der Waals surface area (Å²) in [5.41, 5.74) is 6.48. The highest BCUT2D eigenvalue weighted by molar-refractivity contribution is 6.28. The summed E-state index contributed by atoms with van der Waals surface area (Å²) in [6.45, 7) is 0. The van der Waals surface area contributed by atoms with Crippen LogP contribution in [0.5, 0.6) is 0 Å². The first-order chi connectivity index (χ1) is 21.2. The fraction of sp³-hybridized carbons (Fsp3) is 0. The summed E-state index contributed by atoms with van der Waals surface area (Å²) in [7, 11) is 0. The molecule has 3 nitrogen and oxygen atoms in total. The van der Waals surface area contributed by atoms with E-state index >= 15 is 0 Å². The molecule has 8 aromatic rings. The molecule has 8 rings (SSSR count). The molecule has 4 heteroatoms. The Morgan fingerprint density at radius 1 is 0.349 bits per heavy atom. The van der Waals surface area contributed by atoms with Crippen LogP contribution in [-0.2, 0) is 0 Å². The van der Waals surface area contributed by atoms with Gasteiger partial charge in [-0.2, -0.15) is 9.97 Å². The van der Waals surface area contributed by atoms with E-state index in [9.17, 15) is 0 Å². The molecule has 0 N–H and O–H groups in total. The quantitative estimate of drug-likeness (QED) is 0.211. The lowest BCUT2D eigenvalue weighted by Crippen LogP contribution is -1.97. The zero-order valence-corrected chi connectivity index (χ0v) is 23.8. The van der Waals surface area contributed by atoms with E-state index in [1.54, 1.807) is 0 Å². The molecule has 0 aliphatic rings. The Morgan fingerprint density at radius 2 is 0.884 bits per heavy atom. The number of halogens is 1. The lowest BCUT2D eigenvalue weighted by molar-refractivity contribution is 1.07. The highest BCUT2D eigenvalue weighted by atomic mass is 35.5. The van der Waals surface area contributed by atoms with Crippen molar-refractivity contribution in [1.29, 1.82) is 0 Å². The van der Waals surface area contributed by atoms with E-state index in [0.717, 1.165) is 22.1 Å². The van der Waals surface area contributed by atoms with Crippen LogP contribution in [0.4, 0.5) is 0 Å². The first kappa shape index (κ1) is 25.3. The molecule has 0 spiro atoms. The van der Waals surface area contributed by atoms with Gasteiger partial charge in [0.05, 0.1) is 0 Å². The summed E-state index contributed by atoms with van der Waals surface area (Å²) >= 11 is 6.45. The van der Waals surface area contributed by atoms with Crippen LogP contribution in [0.15, 0.2) is 146 Å². The van der Waals surface area contributed by atoms with Crippen molar-refractivity contribution < 1.29 is 0 Å². The van der Waals surface area contributed by atoms with Crippen molar-refractivity contribution in [3.63, 3.8) is 0 Å². The minimum absolute atomic E-state index is 0.170. The van der Waals surface area contributed by atoms with Gasteiger partial charge in [0.2, 0.25) is 5.28 Å². The standard InChI is InChI=1S/C39H24ClN3/c40-39-42-37(28-18-16-27(17-19-28)34-13-5-10-26-8-3-4-12-33(26)34)41-38(43-39)32-21-22-36-30(24-32)11-6-14-35(36)31-20-15-25-7-1-2-9-29(25)23-31/h1-24H. The van der Waals surface area contributed by atoms with Gasteiger partial charge in [0, 0.05) is 11.1 Å². The first-order valence-electron chi connectivity index (χ1n) is 14.2. The number of hydrogen-bond acceptors (Lipinski definition) is 3. The molecule has 1 heterocycles. The van der Waals surface area contributed by atoms with E-state index < -0.39 is 0 Å². The first-order valence-corrected chi connectivity index (χ1v) is 14.6. The second kappa shape index (κ2) is 10.5. The predicted octanol–water partition coefficient (Wildman–Crippen LogP) is 10.7. The molecule has 0 aliphatic heterocycles. The molecule has 0 unspecified atom stereocenters. The molecule has 1 aromatic heterocycles. The normalized spacial score (nSPS) is 11.4. The molecule has 0 amide bonds. The smallest absolute Gasteiger partial charge is 0.208 e. The maximum atomic E-state index is 6.45. The molecule has 0 bridgehead atoms. The van der Waals surface area contributed by atoms with Crippen LogP contribution in [0.2, 0.25) is 5.28 Å². The zero-order chi connectivity index (χ0) is 28.8. The van der Waals surface area contributed by atoms with Crippen molar-refractivity contribution in [2.24, 2.45) is 0 Å². The van der Waals surface area contributed by atoms with Gasteiger partial charge >= 0.3 is 0 Å². The second-order valence-corrected chi connectivity index (χ2v) is 11.0. The van der Waals surface area contributed by atoms with Crippen LogP contribution < -0.4 is 0 Å². The Morgan fingerprint density at radius 3 is 1.70 bits per heavy atom. The van der Waals surface area contributed by atoms with Gasteiger partial charge in [0.15, 0.2) is 11.6 Å². The third kappa shape index (κ3) is 4.70. The summed E-state index contributed by atoms with van der Waals surface area (Å²) in [6, 6.07) is 50.9. The Hall–Kier alpha value is -5.38. The lowest BCUT2D eigenvalue weighted by atomic mass is 9.95. The van der Waals surface area contributed by atoms with Gasteiger partial charge in [-0.05, 0) is 78.3 Å². The Bertz CT molecular complexity index is 2300. The maximum absolute atomic E-state index is 6.45. The van der Waals surface area contributed by atoms with E-state index in [1.165, 1.54) is 43.6 Å². The highest BCUT2D eigenvalue weighted by Gasteiger charge is 2.13. The van der Waals surface area contributed by atoms with E-state index in [1.807, 2.05) is 12.1 Å². The van der Waals surface area contributed by atoms with Gasteiger partial charge in [0.25, 0.3) is 0 Å². The maximum Gasteiger partial charge on any atom is 0.226 e. The summed E-state index contributed by atoms with van der Waals surface area (Å²) in [6.07, 6.45) is 0. The molecule has 0 saturated carbocycles. The van der Waals surface area contributed by atoms with Crippen molar-refractivity contribution >= 4 is 43.9 Å². The molecule has 202 valence electrons. The number of hydrogen-bond donors (Lipinski definition) is 0. The number of benzene rings is 7. The average Bonchev–Trinajstić information content (AvgIpc) is 3.07. The molecule has 0 atom stereocenters. The minimum atomic E-state index is 0.170. The van der Waals surface area contributed by atoms with Crippen LogP contribution in [0.1, 0.15) is 0 Å². The number of aromatic nitrogens is 3. The average molecular weight is 570 g/mol. The highest BCUT2D eigenvalue weighted by Crippen LogP contribution is 2.34. The van der Waals surface area contributed by atoms with Gasteiger partial charge in [0.1, 0.15) is 0 Å².